The molecule has 0 spiro atoms. The molecule has 0 saturated carbocycles. The van der Waals surface area contributed by atoms with Crippen LogP contribution in [0.4, 0.5) is 23.7 Å². The van der Waals surface area contributed by atoms with Crippen molar-refractivity contribution < 1.29 is 32.6 Å². The van der Waals surface area contributed by atoms with Gasteiger partial charge in [-0.05, 0) is 0 Å². The number of halogens is 3. The van der Waals surface area contributed by atoms with Crippen LogP contribution in [0.5, 0.6) is 0 Å². The van der Waals surface area contributed by atoms with E-state index in [2.05, 4.69) is 4.74 Å². The molecule has 0 heterocycles. The number of benzene rings is 1. The summed E-state index contributed by atoms with van der Waals surface area (Å²) < 4.78 is 43.6. The topological polar surface area (TPSA) is 87.7 Å². The van der Waals surface area contributed by atoms with Crippen molar-refractivity contribution in [3.63, 3.8) is 0 Å². The van der Waals surface area contributed by atoms with Gasteiger partial charge in [-0.15, -0.1) is 0 Å². The maximum absolute atomic E-state index is 13.3. The largest absolute Gasteiger partial charge is 0.480 e. The summed E-state index contributed by atoms with van der Waals surface area (Å²) in [6.45, 7) is -0.331. The highest BCUT2D eigenvalue weighted by molar-refractivity contribution is 5.92. The number of carboxylic acid groups (broad SMARTS) is 1. The molecule has 0 saturated heterocycles. The van der Waals surface area contributed by atoms with Crippen LogP contribution in [0.25, 0.3) is 0 Å². The number of hydrogen-bond donors (Lipinski definition) is 3. The van der Waals surface area contributed by atoms with Crippen molar-refractivity contribution in [1.82, 2.24) is 5.32 Å². The predicted molar refractivity (Wildman–Crippen MR) is 61.8 cm³/mol. The number of carboxylic acids is 1. The fourth-order valence-electron chi connectivity index (χ4n) is 1.30. The molecule has 3 N–H and O–H groups in total. The first-order chi connectivity index (χ1) is 9.35. The molecule has 1 aromatic rings. The molecule has 0 fully saturated rings. The molecule has 0 radical (unpaired) electrons. The van der Waals surface area contributed by atoms with Crippen LogP contribution < -0.4 is 10.6 Å². The Morgan fingerprint density at radius 2 is 2.00 bits per heavy atom. The van der Waals surface area contributed by atoms with Crippen LogP contribution in [0.3, 0.4) is 0 Å². The molecule has 1 aromatic carbocycles. The predicted octanol–water partition coefficient (Wildman–Crippen LogP) is 1.32. The highest BCUT2D eigenvalue weighted by atomic mass is 19.2. The monoisotopic (exact) mass is 292 g/mol. The summed E-state index contributed by atoms with van der Waals surface area (Å²) in [5.41, 5.74) is -0.749. The van der Waals surface area contributed by atoms with Gasteiger partial charge in [0, 0.05) is 19.2 Å². The minimum atomic E-state index is -1.48. The van der Waals surface area contributed by atoms with E-state index >= 15 is 0 Å². The summed E-state index contributed by atoms with van der Waals surface area (Å²) in [6.07, 6.45) is 0. The van der Waals surface area contributed by atoms with Gasteiger partial charge in [0.2, 0.25) is 0 Å². The minimum absolute atomic E-state index is 0.309. The van der Waals surface area contributed by atoms with Gasteiger partial charge in [0.25, 0.3) is 0 Å². The second-order valence-corrected chi connectivity index (χ2v) is 3.69. The number of ether oxygens (including phenoxy) is 1. The first-order valence-electron chi connectivity index (χ1n) is 5.29. The van der Waals surface area contributed by atoms with E-state index in [1.54, 1.807) is 0 Å². The van der Waals surface area contributed by atoms with Gasteiger partial charge in [-0.3, -0.25) is 0 Å². The van der Waals surface area contributed by atoms with Crippen LogP contribution >= 0.6 is 0 Å². The lowest BCUT2D eigenvalue weighted by Gasteiger charge is -2.14. The summed E-state index contributed by atoms with van der Waals surface area (Å²) in [4.78, 5) is 22.2. The fourth-order valence-corrected chi connectivity index (χ4v) is 1.30. The average Bonchev–Trinajstić information content (AvgIpc) is 2.34. The average molecular weight is 292 g/mol. The van der Waals surface area contributed by atoms with Crippen LogP contribution in [0.2, 0.25) is 0 Å². The molecule has 2 amide bonds. The third-order valence-electron chi connectivity index (χ3n) is 2.18. The van der Waals surface area contributed by atoms with Gasteiger partial charge in [-0.2, -0.15) is 0 Å². The summed E-state index contributed by atoms with van der Waals surface area (Å²) in [5, 5.41) is 12.5. The number of nitrogens with one attached hydrogen (secondary N) is 2. The van der Waals surface area contributed by atoms with Crippen LogP contribution in [-0.2, 0) is 9.53 Å². The fraction of sp³-hybridized carbons (Fsp3) is 0.273. The van der Waals surface area contributed by atoms with Gasteiger partial charge in [0.05, 0.1) is 12.3 Å². The number of methoxy groups -OCH3 is 1. The molecule has 0 aliphatic heterocycles. The van der Waals surface area contributed by atoms with E-state index < -0.39 is 41.2 Å². The molecule has 0 aliphatic carbocycles. The smallest absolute Gasteiger partial charge is 0.328 e. The van der Waals surface area contributed by atoms with Gasteiger partial charge >= 0.3 is 12.0 Å². The highest BCUT2D eigenvalue weighted by Crippen LogP contribution is 2.18. The van der Waals surface area contributed by atoms with E-state index in [4.69, 9.17) is 5.11 Å². The molecule has 0 aliphatic rings. The number of hydrogen-bond acceptors (Lipinski definition) is 3. The Morgan fingerprint density at radius 3 is 2.55 bits per heavy atom. The standard InChI is InChI=1S/C11H11F3N2O4/c1-20-4-8(10(17)18)16-11(19)15-7-3-5(12)2-6(13)9(7)14/h2-3,8H,4H2,1H3,(H,17,18)(H2,15,16,19). The Morgan fingerprint density at radius 1 is 1.35 bits per heavy atom. The molecule has 110 valence electrons. The number of carbonyl (C=O) groups excluding carboxylic acids is 1. The van der Waals surface area contributed by atoms with E-state index in [-0.39, 0.29) is 6.61 Å². The SMILES string of the molecule is COCC(NC(=O)Nc1cc(F)cc(F)c1F)C(=O)O. The van der Waals surface area contributed by atoms with Gasteiger partial charge in [-0.1, -0.05) is 0 Å². The van der Waals surface area contributed by atoms with Crippen LogP contribution in [-0.4, -0.2) is 36.9 Å². The molecule has 9 heteroatoms. The zero-order valence-electron chi connectivity index (χ0n) is 10.2. The van der Waals surface area contributed by atoms with E-state index in [1.807, 2.05) is 10.6 Å². The minimum Gasteiger partial charge on any atom is -0.480 e. The van der Waals surface area contributed by atoms with Gasteiger partial charge < -0.3 is 20.5 Å². The molecule has 1 unspecified atom stereocenters. The van der Waals surface area contributed by atoms with Crippen molar-refractivity contribution in [3.8, 4) is 0 Å². The number of carbonyl (C=O) groups is 2. The van der Waals surface area contributed by atoms with E-state index in [1.165, 1.54) is 7.11 Å². The van der Waals surface area contributed by atoms with E-state index in [0.717, 1.165) is 0 Å². The summed E-state index contributed by atoms with van der Waals surface area (Å²) in [7, 11) is 1.22. The van der Waals surface area contributed by atoms with Crippen LogP contribution in [0, 0.1) is 17.5 Å². The Labute approximate surface area is 111 Å². The zero-order chi connectivity index (χ0) is 15.3. The quantitative estimate of drug-likeness (QED) is 0.714. The molecule has 0 bridgehead atoms. The summed E-state index contributed by atoms with van der Waals surface area (Å²) in [6, 6.07) is -1.66. The number of urea groups is 1. The third kappa shape index (κ3) is 4.12. The Kier molecular flexibility index (Phi) is 5.32. The Bertz CT molecular complexity index is 525. The second-order valence-electron chi connectivity index (χ2n) is 3.69. The Balaban J connectivity index is 2.78. The summed E-state index contributed by atoms with van der Waals surface area (Å²) in [5.74, 6) is -5.41. The zero-order valence-corrected chi connectivity index (χ0v) is 10.2. The van der Waals surface area contributed by atoms with Crippen molar-refractivity contribution in [1.29, 1.82) is 0 Å². The lowest BCUT2D eigenvalue weighted by molar-refractivity contribution is -0.140. The third-order valence-corrected chi connectivity index (χ3v) is 2.18. The molecule has 1 rings (SSSR count). The maximum Gasteiger partial charge on any atom is 0.328 e. The number of anilines is 1. The Hall–Kier alpha value is -2.29. The normalized spacial score (nSPS) is 11.8. The molecular formula is C11H11F3N2O4. The number of aliphatic carboxylic acids is 1. The van der Waals surface area contributed by atoms with E-state index in [9.17, 15) is 22.8 Å². The maximum atomic E-state index is 13.3. The van der Waals surface area contributed by atoms with Gasteiger partial charge in [0.1, 0.15) is 5.82 Å². The number of rotatable bonds is 5. The van der Waals surface area contributed by atoms with Crippen molar-refractivity contribution in [2.45, 2.75) is 6.04 Å². The number of amides is 2. The molecular weight excluding hydrogens is 281 g/mol. The van der Waals surface area contributed by atoms with Crippen molar-refractivity contribution in [3.05, 3.63) is 29.6 Å². The first kappa shape index (κ1) is 15.8. The lowest BCUT2D eigenvalue weighted by atomic mass is 10.3. The van der Waals surface area contributed by atoms with Crippen molar-refractivity contribution >= 4 is 17.7 Å². The van der Waals surface area contributed by atoms with Gasteiger partial charge in [0.15, 0.2) is 17.7 Å². The van der Waals surface area contributed by atoms with Crippen molar-refractivity contribution in [2.24, 2.45) is 0 Å². The second kappa shape index (κ2) is 6.75. The molecule has 6 nitrogen and oxygen atoms in total. The molecule has 0 aromatic heterocycles. The van der Waals surface area contributed by atoms with Crippen molar-refractivity contribution in [2.75, 3.05) is 19.0 Å². The summed E-state index contributed by atoms with van der Waals surface area (Å²) >= 11 is 0. The van der Waals surface area contributed by atoms with Gasteiger partial charge in [-0.25, -0.2) is 22.8 Å². The van der Waals surface area contributed by atoms with E-state index in [0.29, 0.717) is 12.1 Å². The lowest BCUT2D eigenvalue weighted by Crippen LogP contribution is -2.45. The highest BCUT2D eigenvalue weighted by Gasteiger charge is 2.21. The first-order valence-corrected chi connectivity index (χ1v) is 5.29. The molecule has 1 atom stereocenters. The van der Waals surface area contributed by atoms with Crippen LogP contribution in [0.15, 0.2) is 12.1 Å². The van der Waals surface area contributed by atoms with Crippen LogP contribution in [0.1, 0.15) is 0 Å². The molecule has 20 heavy (non-hydrogen) atoms.